The van der Waals surface area contributed by atoms with Crippen molar-refractivity contribution in [1.29, 1.82) is 0 Å². The zero-order chi connectivity index (χ0) is 12.5. The highest BCUT2D eigenvalue weighted by molar-refractivity contribution is 14.1. The molecule has 0 bridgehead atoms. The third kappa shape index (κ3) is 3.03. The molecule has 0 fully saturated rings. The SMILES string of the molecule is O=C(Nc1c(F)cc(F)cc1I)C(F)(F)F. The van der Waals surface area contributed by atoms with Gasteiger partial charge in [0.15, 0.2) is 5.82 Å². The van der Waals surface area contributed by atoms with E-state index in [1.807, 2.05) is 0 Å². The van der Waals surface area contributed by atoms with Gasteiger partial charge in [0.25, 0.3) is 0 Å². The highest BCUT2D eigenvalue weighted by Gasteiger charge is 2.39. The van der Waals surface area contributed by atoms with E-state index in [0.717, 1.165) is 6.07 Å². The predicted molar refractivity (Wildman–Crippen MR) is 53.8 cm³/mol. The maximum atomic E-state index is 13.0. The molecule has 0 aliphatic rings. The number of alkyl halides is 3. The molecule has 1 aromatic carbocycles. The first-order valence-electron chi connectivity index (χ1n) is 3.74. The Bertz CT molecular complexity index is 408. The zero-order valence-electron chi connectivity index (χ0n) is 7.33. The molecule has 0 unspecified atom stereocenters. The molecule has 8 heteroatoms. The molecule has 1 aromatic rings. The van der Waals surface area contributed by atoms with Gasteiger partial charge in [0.05, 0.1) is 5.69 Å². The fourth-order valence-corrected chi connectivity index (χ4v) is 1.54. The van der Waals surface area contributed by atoms with Crippen LogP contribution in [0.4, 0.5) is 27.6 Å². The van der Waals surface area contributed by atoms with Crippen molar-refractivity contribution in [3.05, 3.63) is 27.3 Å². The molecule has 1 rings (SSSR count). The van der Waals surface area contributed by atoms with Crippen LogP contribution in [0.5, 0.6) is 0 Å². The Morgan fingerprint density at radius 2 is 1.81 bits per heavy atom. The van der Waals surface area contributed by atoms with E-state index in [0.29, 0.717) is 6.07 Å². The average Bonchev–Trinajstić information content (AvgIpc) is 2.08. The lowest BCUT2D eigenvalue weighted by atomic mass is 10.3. The summed E-state index contributed by atoms with van der Waals surface area (Å²) >= 11 is 1.41. The van der Waals surface area contributed by atoms with E-state index in [1.165, 1.54) is 27.9 Å². The fraction of sp³-hybridized carbons (Fsp3) is 0.125. The van der Waals surface area contributed by atoms with E-state index in [2.05, 4.69) is 0 Å². The van der Waals surface area contributed by atoms with Crippen LogP contribution in [0.3, 0.4) is 0 Å². The topological polar surface area (TPSA) is 29.1 Å². The molecular formula is C8H3F5INO. The molecule has 1 N–H and O–H groups in total. The first-order valence-corrected chi connectivity index (χ1v) is 4.82. The number of benzene rings is 1. The fourth-order valence-electron chi connectivity index (χ4n) is 0.846. The second-order valence-electron chi connectivity index (χ2n) is 2.70. The van der Waals surface area contributed by atoms with E-state index in [9.17, 15) is 26.7 Å². The zero-order valence-corrected chi connectivity index (χ0v) is 9.49. The van der Waals surface area contributed by atoms with Crippen molar-refractivity contribution in [2.75, 3.05) is 5.32 Å². The van der Waals surface area contributed by atoms with Gasteiger partial charge in [0.2, 0.25) is 0 Å². The van der Waals surface area contributed by atoms with E-state index in [-0.39, 0.29) is 3.57 Å². The van der Waals surface area contributed by atoms with Gasteiger partial charge in [-0.1, -0.05) is 0 Å². The van der Waals surface area contributed by atoms with Crippen LogP contribution in [0, 0.1) is 15.2 Å². The summed E-state index contributed by atoms with van der Waals surface area (Å²) in [6.45, 7) is 0. The lowest BCUT2D eigenvalue weighted by molar-refractivity contribution is -0.167. The molecular weight excluding hydrogens is 348 g/mol. The van der Waals surface area contributed by atoms with Gasteiger partial charge in [0, 0.05) is 9.64 Å². The molecule has 0 spiro atoms. The molecule has 0 atom stereocenters. The Morgan fingerprint density at radius 3 is 2.25 bits per heavy atom. The van der Waals surface area contributed by atoms with Crippen molar-refractivity contribution in [3.8, 4) is 0 Å². The number of halogens is 6. The number of carbonyl (C=O) groups is 1. The molecule has 0 radical (unpaired) electrons. The summed E-state index contributed by atoms with van der Waals surface area (Å²) in [5.74, 6) is -4.51. The number of anilines is 1. The highest BCUT2D eigenvalue weighted by atomic mass is 127. The van der Waals surface area contributed by atoms with Crippen molar-refractivity contribution in [3.63, 3.8) is 0 Å². The summed E-state index contributed by atoms with van der Waals surface area (Å²) in [6.07, 6.45) is -5.12. The van der Waals surface area contributed by atoms with Crippen LogP contribution >= 0.6 is 22.6 Å². The van der Waals surface area contributed by atoms with Gasteiger partial charge >= 0.3 is 12.1 Å². The molecule has 2 nitrogen and oxygen atoms in total. The summed E-state index contributed by atoms with van der Waals surface area (Å²) in [5.41, 5.74) is -0.690. The quantitative estimate of drug-likeness (QED) is 0.612. The average molecular weight is 351 g/mol. The molecule has 0 aliphatic carbocycles. The van der Waals surface area contributed by atoms with Crippen LogP contribution in [0.15, 0.2) is 12.1 Å². The molecule has 0 aliphatic heterocycles. The van der Waals surface area contributed by atoms with Crippen molar-refractivity contribution in [2.24, 2.45) is 0 Å². The molecule has 0 saturated heterocycles. The lowest BCUT2D eigenvalue weighted by Gasteiger charge is -2.10. The van der Waals surface area contributed by atoms with E-state index < -0.39 is 29.4 Å². The predicted octanol–water partition coefficient (Wildman–Crippen LogP) is 3.07. The minimum Gasteiger partial charge on any atom is -0.315 e. The molecule has 16 heavy (non-hydrogen) atoms. The number of rotatable bonds is 1. The second kappa shape index (κ2) is 4.52. The summed E-state index contributed by atoms with van der Waals surface area (Å²) in [4.78, 5) is 10.5. The number of carbonyl (C=O) groups excluding carboxylic acids is 1. The van der Waals surface area contributed by atoms with Crippen molar-refractivity contribution < 1.29 is 26.7 Å². The number of hydrogen-bond donors (Lipinski definition) is 1. The number of amides is 1. The third-order valence-electron chi connectivity index (χ3n) is 1.50. The summed E-state index contributed by atoms with van der Waals surface area (Å²) < 4.78 is 61.1. The van der Waals surface area contributed by atoms with E-state index in [4.69, 9.17) is 0 Å². The molecule has 88 valence electrons. The molecule has 0 aromatic heterocycles. The van der Waals surface area contributed by atoms with Crippen LogP contribution < -0.4 is 5.32 Å². The molecule has 1 amide bonds. The minimum absolute atomic E-state index is 0.160. The first-order chi connectivity index (χ1) is 7.21. The molecule has 0 heterocycles. The molecule has 0 saturated carbocycles. The van der Waals surface area contributed by atoms with Crippen LogP contribution in [-0.2, 0) is 4.79 Å². The number of hydrogen-bond acceptors (Lipinski definition) is 1. The van der Waals surface area contributed by atoms with Crippen molar-refractivity contribution in [2.45, 2.75) is 6.18 Å². The first kappa shape index (κ1) is 13.1. The van der Waals surface area contributed by atoms with Gasteiger partial charge in [-0.15, -0.1) is 0 Å². The lowest BCUT2D eigenvalue weighted by Crippen LogP contribution is -2.30. The van der Waals surface area contributed by atoms with Crippen LogP contribution in [0.1, 0.15) is 0 Å². The van der Waals surface area contributed by atoms with Gasteiger partial charge in [-0.05, 0) is 28.7 Å². The van der Waals surface area contributed by atoms with E-state index in [1.54, 1.807) is 0 Å². The van der Waals surface area contributed by atoms with Crippen molar-refractivity contribution in [1.82, 2.24) is 0 Å². The second-order valence-corrected chi connectivity index (χ2v) is 3.86. The van der Waals surface area contributed by atoms with Gasteiger partial charge in [-0.25, -0.2) is 8.78 Å². The standard InChI is InChI=1S/C8H3F5INO/c9-3-1-4(10)6(5(14)2-3)15-7(16)8(11,12)13/h1-2H,(H,15,16). The van der Waals surface area contributed by atoms with E-state index >= 15 is 0 Å². The minimum atomic E-state index is -5.12. The monoisotopic (exact) mass is 351 g/mol. The van der Waals surface area contributed by atoms with Gasteiger partial charge in [-0.2, -0.15) is 13.2 Å². The smallest absolute Gasteiger partial charge is 0.315 e. The van der Waals surface area contributed by atoms with Crippen LogP contribution in [-0.4, -0.2) is 12.1 Å². The summed E-state index contributed by atoms with van der Waals surface area (Å²) in [6, 6.07) is 1.18. The van der Waals surface area contributed by atoms with Gasteiger partial charge in [0.1, 0.15) is 5.82 Å². The van der Waals surface area contributed by atoms with Crippen LogP contribution in [0.2, 0.25) is 0 Å². The Hall–Kier alpha value is -0.930. The largest absolute Gasteiger partial charge is 0.471 e. The highest BCUT2D eigenvalue weighted by Crippen LogP contribution is 2.25. The normalized spacial score (nSPS) is 11.4. The Balaban J connectivity index is 3.03. The van der Waals surface area contributed by atoms with Crippen LogP contribution in [0.25, 0.3) is 0 Å². The number of nitrogens with one attached hydrogen (secondary N) is 1. The van der Waals surface area contributed by atoms with Crippen molar-refractivity contribution >= 4 is 34.2 Å². The van der Waals surface area contributed by atoms with Gasteiger partial charge < -0.3 is 5.32 Å². The third-order valence-corrected chi connectivity index (χ3v) is 2.35. The maximum Gasteiger partial charge on any atom is 0.471 e. The van der Waals surface area contributed by atoms with Gasteiger partial charge in [-0.3, -0.25) is 4.79 Å². The summed E-state index contributed by atoms with van der Waals surface area (Å²) in [5, 5.41) is 1.33. The maximum absolute atomic E-state index is 13.0. The summed E-state index contributed by atoms with van der Waals surface area (Å²) in [7, 11) is 0. The Morgan fingerprint density at radius 1 is 1.25 bits per heavy atom. The Labute approximate surface area is 100.0 Å². The Kier molecular flexibility index (Phi) is 3.71.